The summed E-state index contributed by atoms with van der Waals surface area (Å²) >= 11 is 0. The smallest absolute Gasteiger partial charge is 0.243 e. The number of carbonyl (C=O) groups excluding carboxylic acids is 2. The zero-order valence-corrected chi connectivity index (χ0v) is 13.3. The second-order valence-electron chi connectivity index (χ2n) is 6.60. The Morgan fingerprint density at radius 1 is 0.958 bits per heavy atom. The third-order valence-electron chi connectivity index (χ3n) is 5.31. The van der Waals surface area contributed by atoms with E-state index in [0.29, 0.717) is 36.9 Å². The summed E-state index contributed by atoms with van der Waals surface area (Å²) < 4.78 is 0. The monoisotopic (exact) mass is 321 g/mol. The van der Waals surface area contributed by atoms with Crippen LogP contribution in [0.15, 0.2) is 54.6 Å². The molecule has 1 aliphatic heterocycles. The lowest BCUT2D eigenvalue weighted by atomic mass is 9.65. The Labute approximate surface area is 140 Å². The predicted molar refractivity (Wildman–Crippen MR) is 90.7 cm³/mol. The van der Waals surface area contributed by atoms with Gasteiger partial charge in [-0.05, 0) is 43.4 Å². The molecule has 1 fully saturated rings. The van der Waals surface area contributed by atoms with Crippen molar-refractivity contribution < 1.29 is 14.7 Å². The fourth-order valence-electron chi connectivity index (χ4n) is 3.98. The van der Waals surface area contributed by atoms with E-state index in [4.69, 9.17) is 0 Å². The van der Waals surface area contributed by atoms with Gasteiger partial charge < -0.3 is 5.11 Å². The van der Waals surface area contributed by atoms with E-state index in [1.807, 2.05) is 42.5 Å². The van der Waals surface area contributed by atoms with Crippen LogP contribution in [0.2, 0.25) is 0 Å². The zero-order valence-electron chi connectivity index (χ0n) is 13.3. The van der Waals surface area contributed by atoms with Crippen LogP contribution in [0.3, 0.4) is 0 Å². The molecule has 4 nitrogen and oxygen atoms in total. The minimum Gasteiger partial charge on any atom is -0.373 e. The third-order valence-corrected chi connectivity index (χ3v) is 5.31. The van der Waals surface area contributed by atoms with Crippen molar-refractivity contribution in [2.24, 2.45) is 5.41 Å². The van der Waals surface area contributed by atoms with Crippen LogP contribution >= 0.6 is 0 Å². The van der Waals surface area contributed by atoms with E-state index in [2.05, 4.69) is 0 Å². The molecule has 24 heavy (non-hydrogen) atoms. The molecule has 122 valence electrons. The molecule has 2 unspecified atom stereocenters. The number of para-hydroxylation sites is 1. The molecule has 4 heteroatoms. The number of fused-ring (bicyclic) bond motifs is 1. The summed E-state index contributed by atoms with van der Waals surface area (Å²) in [6.45, 7) is 0. The topological polar surface area (TPSA) is 57.6 Å². The standard InChI is InChI=1S/C20H19NO3/c22-17-11-13-20(19(24)21(17)15-7-2-1-3-8-15)12-10-14-6-4-5-9-16(14)18(20)23/h1-9,17,22H,10-13H2. The summed E-state index contributed by atoms with van der Waals surface area (Å²) in [4.78, 5) is 27.8. The second-order valence-corrected chi connectivity index (χ2v) is 6.60. The molecule has 1 N–H and O–H groups in total. The minimum absolute atomic E-state index is 0.0952. The maximum atomic E-state index is 13.3. The fraction of sp³-hybridized carbons (Fsp3) is 0.300. The number of benzene rings is 2. The van der Waals surface area contributed by atoms with Gasteiger partial charge in [0.25, 0.3) is 0 Å². The van der Waals surface area contributed by atoms with Gasteiger partial charge in [0.15, 0.2) is 5.78 Å². The lowest BCUT2D eigenvalue weighted by Gasteiger charge is -2.45. The van der Waals surface area contributed by atoms with Crippen molar-refractivity contribution in [3.8, 4) is 0 Å². The maximum Gasteiger partial charge on any atom is 0.243 e. The number of carbonyl (C=O) groups is 2. The highest BCUT2D eigenvalue weighted by Gasteiger charge is 2.54. The van der Waals surface area contributed by atoms with Crippen molar-refractivity contribution in [2.75, 3.05) is 4.90 Å². The molecule has 2 atom stereocenters. The second kappa shape index (κ2) is 5.56. The average Bonchev–Trinajstić information content (AvgIpc) is 2.62. The Kier molecular flexibility index (Phi) is 3.50. The Hall–Kier alpha value is -2.46. The van der Waals surface area contributed by atoms with E-state index < -0.39 is 11.6 Å². The predicted octanol–water partition coefficient (Wildman–Crippen LogP) is 2.95. The first-order chi connectivity index (χ1) is 11.6. The number of nitrogens with zero attached hydrogens (tertiary/aromatic N) is 1. The normalized spacial score (nSPS) is 26.5. The van der Waals surface area contributed by atoms with Crippen molar-refractivity contribution in [3.63, 3.8) is 0 Å². The Morgan fingerprint density at radius 2 is 1.67 bits per heavy atom. The highest BCUT2D eigenvalue weighted by atomic mass is 16.3. The van der Waals surface area contributed by atoms with Gasteiger partial charge in [0, 0.05) is 11.3 Å². The molecule has 2 aliphatic rings. The largest absolute Gasteiger partial charge is 0.373 e. The van der Waals surface area contributed by atoms with Crippen LogP contribution < -0.4 is 4.90 Å². The number of aliphatic hydroxyl groups is 1. The van der Waals surface area contributed by atoms with Crippen molar-refractivity contribution in [1.82, 2.24) is 0 Å². The Bertz CT molecular complexity index is 802. The highest BCUT2D eigenvalue weighted by Crippen LogP contribution is 2.45. The number of hydrogen-bond acceptors (Lipinski definition) is 3. The molecule has 0 bridgehead atoms. The molecule has 0 saturated carbocycles. The number of ketones is 1. The molecule has 0 radical (unpaired) electrons. The zero-order chi connectivity index (χ0) is 16.7. The van der Waals surface area contributed by atoms with Crippen LogP contribution in [0, 0.1) is 5.41 Å². The summed E-state index contributed by atoms with van der Waals surface area (Å²) in [5.74, 6) is -0.367. The number of aliphatic hydroxyl groups excluding tert-OH is 1. The average molecular weight is 321 g/mol. The van der Waals surface area contributed by atoms with E-state index in [1.54, 1.807) is 12.1 Å². The Balaban J connectivity index is 1.77. The lowest BCUT2D eigenvalue weighted by molar-refractivity contribution is -0.132. The van der Waals surface area contributed by atoms with E-state index in [0.717, 1.165) is 5.56 Å². The van der Waals surface area contributed by atoms with E-state index in [1.165, 1.54) is 4.90 Å². The van der Waals surface area contributed by atoms with Crippen LogP contribution in [0.5, 0.6) is 0 Å². The van der Waals surface area contributed by atoms with Gasteiger partial charge in [0.05, 0.1) is 0 Å². The van der Waals surface area contributed by atoms with E-state index in [9.17, 15) is 14.7 Å². The molecule has 4 rings (SSSR count). The van der Waals surface area contributed by atoms with Crippen LogP contribution in [-0.2, 0) is 11.2 Å². The van der Waals surface area contributed by atoms with Gasteiger partial charge in [0.1, 0.15) is 11.6 Å². The number of aryl methyl sites for hydroxylation is 1. The molecular weight excluding hydrogens is 302 g/mol. The van der Waals surface area contributed by atoms with Gasteiger partial charge in [-0.3, -0.25) is 14.5 Å². The molecular formula is C20H19NO3. The summed E-state index contributed by atoms with van der Waals surface area (Å²) in [5, 5.41) is 10.4. The summed E-state index contributed by atoms with van der Waals surface area (Å²) in [6.07, 6.45) is 1.16. The van der Waals surface area contributed by atoms with Crippen LogP contribution in [0.1, 0.15) is 35.2 Å². The number of anilines is 1. The van der Waals surface area contributed by atoms with Crippen molar-refractivity contribution in [1.29, 1.82) is 0 Å². The van der Waals surface area contributed by atoms with E-state index >= 15 is 0 Å². The first-order valence-corrected chi connectivity index (χ1v) is 8.33. The van der Waals surface area contributed by atoms with Crippen molar-refractivity contribution in [2.45, 2.75) is 31.9 Å². The van der Waals surface area contributed by atoms with Gasteiger partial charge in [-0.25, -0.2) is 0 Å². The molecule has 1 amide bonds. The van der Waals surface area contributed by atoms with Crippen LogP contribution in [-0.4, -0.2) is 23.0 Å². The maximum absolute atomic E-state index is 13.3. The fourth-order valence-corrected chi connectivity index (χ4v) is 3.98. The van der Waals surface area contributed by atoms with Crippen LogP contribution in [0.4, 0.5) is 5.69 Å². The van der Waals surface area contributed by atoms with Gasteiger partial charge in [-0.1, -0.05) is 42.5 Å². The lowest BCUT2D eigenvalue weighted by Crippen LogP contribution is -2.58. The van der Waals surface area contributed by atoms with Crippen molar-refractivity contribution in [3.05, 3.63) is 65.7 Å². The van der Waals surface area contributed by atoms with E-state index in [-0.39, 0.29) is 11.7 Å². The van der Waals surface area contributed by atoms with Gasteiger partial charge in [-0.15, -0.1) is 0 Å². The molecule has 1 saturated heterocycles. The van der Waals surface area contributed by atoms with Crippen LogP contribution in [0.25, 0.3) is 0 Å². The SMILES string of the molecule is O=C1c2ccccc2CCC12CCC(O)N(c1ccccc1)C2=O. The summed E-state index contributed by atoms with van der Waals surface area (Å²) in [5.41, 5.74) is 1.27. The molecule has 1 aliphatic carbocycles. The molecule has 1 spiro atoms. The number of rotatable bonds is 1. The minimum atomic E-state index is -1.04. The molecule has 2 aromatic rings. The summed E-state index contributed by atoms with van der Waals surface area (Å²) in [7, 11) is 0. The van der Waals surface area contributed by atoms with Gasteiger partial charge >= 0.3 is 0 Å². The van der Waals surface area contributed by atoms with Crippen molar-refractivity contribution >= 4 is 17.4 Å². The Morgan fingerprint density at radius 3 is 2.46 bits per heavy atom. The number of amides is 1. The third kappa shape index (κ3) is 2.10. The van der Waals surface area contributed by atoms with Gasteiger partial charge in [0.2, 0.25) is 5.91 Å². The number of Topliss-reactive ketones (excluding diaryl/α,β-unsaturated/α-hetero) is 1. The summed E-state index contributed by atoms with van der Waals surface area (Å²) in [6, 6.07) is 16.6. The van der Waals surface area contributed by atoms with Gasteiger partial charge in [-0.2, -0.15) is 0 Å². The first kappa shape index (κ1) is 15.1. The first-order valence-electron chi connectivity index (χ1n) is 8.33. The molecule has 1 heterocycles. The molecule has 0 aromatic heterocycles. The highest BCUT2D eigenvalue weighted by molar-refractivity contribution is 6.19. The number of hydrogen-bond donors (Lipinski definition) is 1. The molecule has 2 aromatic carbocycles. The quantitative estimate of drug-likeness (QED) is 0.822. The number of piperidine rings is 1.